The van der Waals surface area contributed by atoms with Crippen molar-refractivity contribution >= 4 is 17.5 Å². The van der Waals surface area contributed by atoms with Gasteiger partial charge in [-0.25, -0.2) is 4.98 Å². The fourth-order valence-corrected chi connectivity index (χ4v) is 2.43. The van der Waals surface area contributed by atoms with Crippen LogP contribution in [0.4, 0.5) is 0 Å². The maximum atomic E-state index is 12.0. The highest BCUT2D eigenvalue weighted by atomic mass is 35.5. The van der Waals surface area contributed by atoms with Crippen molar-refractivity contribution in [2.45, 2.75) is 32.7 Å². The van der Waals surface area contributed by atoms with Crippen LogP contribution in [0.3, 0.4) is 0 Å². The van der Waals surface area contributed by atoms with Crippen LogP contribution >= 0.6 is 11.6 Å². The standard InChI is InChI=1S/C17H21ClN2O3/c1-11(2)7-14(9-21)19-16(22)8-15-10-23-17(20-15)12-3-5-13(18)6-4-12/h3-6,10-11,14,21H,7-9H2,1-2H3,(H,19,22). The van der Waals surface area contributed by atoms with Crippen molar-refractivity contribution in [1.29, 1.82) is 0 Å². The van der Waals surface area contributed by atoms with Gasteiger partial charge in [0.2, 0.25) is 11.8 Å². The van der Waals surface area contributed by atoms with Crippen LogP contribution in [0.5, 0.6) is 0 Å². The third-order valence-corrected chi connectivity index (χ3v) is 3.58. The van der Waals surface area contributed by atoms with E-state index < -0.39 is 0 Å². The number of nitrogens with one attached hydrogen (secondary N) is 1. The minimum absolute atomic E-state index is 0.0707. The Bertz CT molecular complexity index is 638. The highest BCUT2D eigenvalue weighted by molar-refractivity contribution is 6.30. The monoisotopic (exact) mass is 336 g/mol. The van der Waals surface area contributed by atoms with Crippen molar-refractivity contribution in [2.75, 3.05) is 6.61 Å². The number of benzene rings is 1. The van der Waals surface area contributed by atoms with Gasteiger partial charge >= 0.3 is 0 Å². The van der Waals surface area contributed by atoms with Gasteiger partial charge in [0, 0.05) is 10.6 Å². The molecule has 1 aromatic heterocycles. The number of carbonyl (C=O) groups is 1. The summed E-state index contributed by atoms with van der Waals surface area (Å²) in [7, 11) is 0. The van der Waals surface area contributed by atoms with Crippen molar-refractivity contribution in [3.8, 4) is 11.5 Å². The van der Waals surface area contributed by atoms with Crippen LogP contribution in [0.15, 0.2) is 34.9 Å². The molecule has 0 aliphatic carbocycles. The smallest absolute Gasteiger partial charge is 0.226 e. The SMILES string of the molecule is CC(C)CC(CO)NC(=O)Cc1coc(-c2ccc(Cl)cc2)n1. The third-order valence-electron chi connectivity index (χ3n) is 3.33. The summed E-state index contributed by atoms with van der Waals surface area (Å²) in [5.41, 5.74) is 1.35. The van der Waals surface area contributed by atoms with Crippen molar-refractivity contribution in [3.05, 3.63) is 41.2 Å². The molecule has 0 bridgehead atoms. The van der Waals surface area contributed by atoms with Gasteiger partial charge in [-0.3, -0.25) is 4.79 Å². The fourth-order valence-electron chi connectivity index (χ4n) is 2.30. The number of carbonyl (C=O) groups excluding carboxylic acids is 1. The molecule has 1 aromatic carbocycles. The molecule has 0 radical (unpaired) electrons. The zero-order chi connectivity index (χ0) is 16.8. The van der Waals surface area contributed by atoms with E-state index in [0.29, 0.717) is 22.5 Å². The average molecular weight is 337 g/mol. The molecule has 0 saturated carbocycles. The van der Waals surface area contributed by atoms with E-state index in [9.17, 15) is 9.90 Å². The number of halogens is 1. The predicted molar refractivity (Wildman–Crippen MR) is 89.1 cm³/mol. The van der Waals surface area contributed by atoms with E-state index in [-0.39, 0.29) is 25.0 Å². The molecule has 1 unspecified atom stereocenters. The first-order valence-corrected chi connectivity index (χ1v) is 7.96. The first kappa shape index (κ1) is 17.5. The average Bonchev–Trinajstić information content (AvgIpc) is 2.95. The van der Waals surface area contributed by atoms with E-state index in [4.69, 9.17) is 16.0 Å². The van der Waals surface area contributed by atoms with E-state index in [1.807, 2.05) is 26.0 Å². The van der Waals surface area contributed by atoms with E-state index in [1.54, 1.807) is 12.1 Å². The summed E-state index contributed by atoms with van der Waals surface area (Å²) in [6, 6.07) is 6.89. The van der Waals surface area contributed by atoms with Crippen molar-refractivity contribution in [3.63, 3.8) is 0 Å². The molecule has 0 aliphatic heterocycles. The lowest BCUT2D eigenvalue weighted by molar-refractivity contribution is -0.121. The van der Waals surface area contributed by atoms with Gasteiger partial charge < -0.3 is 14.8 Å². The molecule has 1 heterocycles. The lowest BCUT2D eigenvalue weighted by Gasteiger charge is -2.17. The first-order valence-electron chi connectivity index (χ1n) is 7.58. The number of oxazole rings is 1. The topological polar surface area (TPSA) is 75.4 Å². The van der Waals surface area contributed by atoms with E-state index >= 15 is 0 Å². The summed E-state index contributed by atoms with van der Waals surface area (Å²) in [5.74, 6) is 0.669. The number of hydrogen-bond acceptors (Lipinski definition) is 4. The Morgan fingerprint density at radius 1 is 1.35 bits per heavy atom. The Morgan fingerprint density at radius 2 is 2.04 bits per heavy atom. The van der Waals surface area contributed by atoms with Crippen LogP contribution in [-0.2, 0) is 11.2 Å². The van der Waals surface area contributed by atoms with Crippen LogP contribution in [-0.4, -0.2) is 28.6 Å². The van der Waals surface area contributed by atoms with Crippen molar-refractivity contribution in [2.24, 2.45) is 5.92 Å². The molecule has 0 saturated heterocycles. The maximum absolute atomic E-state index is 12.0. The van der Waals surface area contributed by atoms with E-state index in [1.165, 1.54) is 6.26 Å². The Balaban J connectivity index is 1.95. The summed E-state index contributed by atoms with van der Waals surface area (Å²) in [5, 5.41) is 12.8. The van der Waals surface area contributed by atoms with Gasteiger partial charge in [-0.2, -0.15) is 0 Å². The lowest BCUT2D eigenvalue weighted by Crippen LogP contribution is -2.39. The quantitative estimate of drug-likeness (QED) is 0.814. The highest BCUT2D eigenvalue weighted by Gasteiger charge is 2.15. The van der Waals surface area contributed by atoms with Crippen molar-refractivity contribution < 1.29 is 14.3 Å². The number of rotatable bonds is 7. The molecular weight excluding hydrogens is 316 g/mol. The zero-order valence-electron chi connectivity index (χ0n) is 13.3. The van der Waals surface area contributed by atoms with Crippen LogP contribution in [0.1, 0.15) is 26.0 Å². The van der Waals surface area contributed by atoms with Gasteiger partial charge in [0.1, 0.15) is 6.26 Å². The predicted octanol–water partition coefficient (Wildman–Crippen LogP) is 3.06. The second-order valence-electron chi connectivity index (χ2n) is 5.90. The summed E-state index contributed by atoms with van der Waals surface area (Å²) in [4.78, 5) is 16.3. The van der Waals surface area contributed by atoms with E-state index in [0.717, 1.165) is 12.0 Å². The Hall–Kier alpha value is -1.85. The van der Waals surface area contributed by atoms with Crippen molar-refractivity contribution in [1.82, 2.24) is 10.3 Å². The van der Waals surface area contributed by atoms with Gasteiger partial charge in [-0.1, -0.05) is 25.4 Å². The van der Waals surface area contributed by atoms with E-state index in [2.05, 4.69) is 10.3 Å². The zero-order valence-corrected chi connectivity index (χ0v) is 14.0. The maximum Gasteiger partial charge on any atom is 0.226 e. The summed E-state index contributed by atoms with van der Waals surface area (Å²) in [6.45, 7) is 4.02. The van der Waals surface area contributed by atoms with Gasteiger partial charge in [0.15, 0.2) is 0 Å². The third kappa shape index (κ3) is 5.37. The molecule has 1 atom stereocenters. The number of nitrogens with zero attached hydrogens (tertiary/aromatic N) is 1. The molecule has 1 amide bonds. The molecule has 0 fully saturated rings. The molecule has 0 spiro atoms. The normalized spacial score (nSPS) is 12.4. The summed E-state index contributed by atoms with van der Waals surface area (Å²) in [6.07, 6.45) is 2.32. The highest BCUT2D eigenvalue weighted by Crippen LogP contribution is 2.21. The molecule has 5 nitrogen and oxygen atoms in total. The number of hydrogen-bond donors (Lipinski definition) is 2. The van der Waals surface area contributed by atoms with Gasteiger partial charge in [-0.05, 0) is 36.6 Å². The minimum atomic E-state index is -0.231. The molecule has 124 valence electrons. The molecule has 2 rings (SSSR count). The summed E-state index contributed by atoms with van der Waals surface area (Å²) < 4.78 is 5.40. The Kier molecular flexibility index (Phi) is 6.19. The van der Waals surface area contributed by atoms with Crippen LogP contribution in [0, 0.1) is 5.92 Å². The largest absolute Gasteiger partial charge is 0.444 e. The summed E-state index contributed by atoms with van der Waals surface area (Å²) >= 11 is 5.85. The fraction of sp³-hybridized carbons (Fsp3) is 0.412. The van der Waals surface area contributed by atoms with Gasteiger partial charge in [0.05, 0.1) is 24.8 Å². The number of amides is 1. The molecular formula is C17H21ClN2O3. The second-order valence-corrected chi connectivity index (χ2v) is 6.34. The first-order chi connectivity index (χ1) is 11.0. The second kappa shape index (κ2) is 8.13. The number of aliphatic hydroxyl groups is 1. The molecule has 2 aromatic rings. The molecule has 2 N–H and O–H groups in total. The minimum Gasteiger partial charge on any atom is -0.444 e. The van der Waals surface area contributed by atoms with Gasteiger partial charge in [0.25, 0.3) is 0 Å². The van der Waals surface area contributed by atoms with Crippen LogP contribution in [0.25, 0.3) is 11.5 Å². The number of aliphatic hydroxyl groups excluding tert-OH is 1. The molecule has 6 heteroatoms. The molecule has 0 aliphatic rings. The Labute approximate surface area is 140 Å². The Morgan fingerprint density at radius 3 is 2.65 bits per heavy atom. The van der Waals surface area contributed by atoms with Crippen LogP contribution < -0.4 is 5.32 Å². The lowest BCUT2D eigenvalue weighted by atomic mass is 10.0. The molecule has 23 heavy (non-hydrogen) atoms. The van der Waals surface area contributed by atoms with Crippen LogP contribution in [0.2, 0.25) is 5.02 Å². The van der Waals surface area contributed by atoms with Gasteiger partial charge in [-0.15, -0.1) is 0 Å². The number of aromatic nitrogens is 1.